The van der Waals surface area contributed by atoms with Crippen LogP contribution in [0.4, 0.5) is 4.39 Å². The summed E-state index contributed by atoms with van der Waals surface area (Å²) in [6, 6.07) is 9.92. The second-order valence-electron chi connectivity index (χ2n) is 4.32. The maximum absolute atomic E-state index is 13.5. The van der Waals surface area contributed by atoms with E-state index in [9.17, 15) is 9.18 Å². The van der Waals surface area contributed by atoms with E-state index in [0.717, 1.165) is 12.0 Å². The average Bonchev–Trinajstić information content (AvgIpc) is 2.89. The fourth-order valence-corrected chi connectivity index (χ4v) is 2.66. The van der Waals surface area contributed by atoms with Gasteiger partial charge in [0.05, 0.1) is 16.6 Å². The third kappa shape index (κ3) is 2.06. The second-order valence-corrected chi connectivity index (χ2v) is 5.12. The van der Waals surface area contributed by atoms with Crippen molar-refractivity contribution >= 4 is 21.7 Å². The molecule has 2 aromatic rings. The molecule has 96 valence electrons. The van der Waals surface area contributed by atoms with E-state index in [1.165, 1.54) is 12.1 Å². The summed E-state index contributed by atoms with van der Waals surface area (Å²) >= 11 is 3.12. The third-order valence-corrected chi connectivity index (χ3v) is 3.96. The van der Waals surface area contributed by atoms with Gasteiger partial charge in [0.25, 0.3) is 0 Å². The fraction of sp³-hybridized carbons (Fsp3) is 0.133. The standard InChI is InChI=1S/C15H10BrFO2/c16-13-10(4-2-6-12(13)17)14(18)11-5-1-3-9-7-8-19-15(9)11/h1-6H,7-8H2. The zero-order chi connectivity index (χ0) is 13.4. The summed E-state index contributed by atoms with van der Waals surface area (Å²) in [7, 11) is 0. The van der Waals surface area contributed by atoms with Crippen molar-refractivity contribution in [2.45, 2.75) is 6.42 Å². The zero-order valence-electron chi connectivity index (χ0n) is 9.95. The highest BCUT2D eigenvalue weighted by molar-refractivity contribution is 9.10. The quantitative estimate of drug-likeness (QED) is 0.788. The summed E-state index contributed by atoms with van der Waals surface area (Å²) in [5, 5.41) is 0. The van der Waals surface area contributed by atoms with Crippen LogP contribution in [0.1, 0.15) is 21.5 Å². The second kappa shape index (κ2) is 4.78. The minimum absolute atomic E-state index is 0.190. The van der Waals surface area contributed by atoms with E-state index < -0.39 is 5.82 Å². The van der Waals surface area contributed by atoms with Crippen molar-refractivity contribution in [3.63, 3.8) is 0 Å². The van der Waals surface area contributed by atoms with E-state index in [4.69, 9.17) is 4.74 Å². The molecule has 1 aliphatic rings. The molecule has 0 aliphatic carbocycles. The largest absolute Gasteiger partial charge is 0.492 e. The van der Waals surface area contributed by atoms with Gasteiger partial charge < -0.3 is 4.74 Å². The molecule has 0 N–H and O–H groups in total. The van der Waals surface area contributed by atoms with E-state index in [0.29, 0.717) is 23.5 Å². The molecule has 0 amide bonds. The number of fused-ring (bicyclic) bond motifs is 1. The van der Waals surface area contributed by atoms with Gasteiger partial charge in [-0.15, -0.1) is 0 Å². The van der Waals surface area contributed by atoms with Crippen molar-refractivity contribution in [2.75, 3.05) is 6.61 Å². The Morgan fingerprint density at radius 3 is 2.74 bits per heavy atom. The van der Waals surface area contributed by atoms with Gasteiger partial charge in [0, 0.05) is 12.0 Å². The summed E-state index contributed by atoms with van der Waals surface area (Å²) in [5.74, 6) is -0.0480. The maximum atomic E-state index is 13.5. The molecule has 0 aromatic heterocycles. The Balaban J connectivity index is 2.11. The van der Waals surface area contributed by atoms with Crippen molar-refractivity contribution in [2.24, 2.45) is 0 Å². The van der Waals surface area contributed by atoms with Gasteiger partial charge in [0.1, 0.15) is 11.6 Å². The van der Waals surface area contributed by atoms with E-state index in [2.05, 4.69) is 15.9 Å². The van der Waals surface area contributed by atoms with Crippen LogP contribution >= 0.6 is 15.9 Å². The van der Waals surface area contributed by atoms with Crippen LogP contribution in [0.5, 0.6) is 5.75 Å². The third-order valence-electron chi connectivity index (χ3n) is 3.16. The van der Waals surface area contributed by atoms with Crippen molar-refractivity contribution in [1.29, 1.82) is 0 Å². The summed E-state index contributed by atoms with van der Waals surface area (Å²) < 4.78 is 19.2. The van der Waals surface area contributed by atoms with E-state index in [1.807, 2.05) is 12.1 Å². The zero-order valence-corrected chi connectivity index (χ0v) is 11.5. The molecule has 0 spiro atoms. The summed E-state index contributed by atoms with van der Waals surface area (Å²) in [5.41, 5.74) is 1.82. The first-order chi connectivity index (χ1) is 9.18. The van der Waals surface area contributed by atoms with Crippen LogP contribution < -0.4 is 4.74 Å². The van der Waals surface area contributed by atoms with Gasteiger partial charge >= 0.3 is 0 Å². The molecule has 1 heterocycles. The van der Waals surface area contributed by atoms with E-state index in [1.54, 1.807) is 12.1 Å². The highest BCUT2D eigenvalue weighted by Crippen LogP contribution is 2.32. The monoisotopic (exact) mass is 320 g/mol. The number of ketones is 1. The normalized spacial score (nSPS) is 12.9. The first kappa shape index (κ1) is 12.4. The Morgan fingerprint density at radius 2 is 1.89 bits per heavy atom. The fourth-order valence-electron chi connectivity index (χ4n) is 2.22. The Kier molecular flexibility index (Phi) is 3.11. The van der Waals surface area contributed by atoms with Gasteiger partial charge in [-0.25, -0.2) is 4.39 Å². The van der Waals surface area contributed by atoms with Crippen molar-refractivity contribution < 1.29 is 13.9 Å². The topological polar surface area (TPSA) is 26.3 Å². The first-order valence-electron chi connectivity index (χ1n) is 5.92. The molecule has 0 fully saturated rings. The minimum Gasteiger partial charge on any atom is -0.492 e. The van der Waals surface area contributed by atoms with Crippen molar-refractivity contribution in [3.8, 4) is 5.75 Å². The predicted octanol–water partition coefficient (Wildman–Crippen LogP) is 3.75. The van der Waals surface area contributed by atoms with Gasteiger partial charge in [0.2, 0.25) is 0 Å². The molecule has 19 heavy (non-hydrogen) atoms. The SMILES string of the molecule is O=C(c1cccc(F)c1Br)c1cccc2c1OCC2. The molecule has 0 unspecified atom stereocenters. The van der Waals surface area contributed by atoms with Crippen molar-refractivity contribution in [1.82, 2.24) is 0 Å². The molecule has 0 saturated heterocycles. The Morgan fingerprint density at radius 1 is 1.16 bits per heavy atom. The number of carbonyl (C=O) groups excluding carboxylic acids is 1. The Labute approximate surface area is 118 Å². The van der Waals surface area contributed by atoms with E-state index >= 15 is 0 Å². The molecule has 2 aromatic carbocycles. The Bertz CT molecular complexity index is 667. The lowest BCUT2D eigenvalue weighted by molar-refractivity contribution is 0.103. The number of carbonyl (C=O) groups is 1. The van der Waals surface area contributed by atoms with Crippen LogP contribution in [-0.2, 0) is 6.42 Å². The predicted molar refractivity (Wildman–Crippen MR) is 73.2 cm³/mol. The summed E-state index contributed by atoms with van der Waals surface area (Å²) in [6.07, 6.45) is 0.806. The lowest BCUT2D eigenvalue weighted by Gasteiger charge is -2.08. The highest BCUT2D eigenvalue weighted by atomic mass is 79.9. The summed E-state index contributed by atoms with van der Waals surface area (Å²) in [6.45, 7) is 0.587. The van der Waals surface area contributed by atoms with Crippen LogP contribution in [0.2, 0.25) is 0 Å². The van der Waals surface area contributed by atoms with Crippen LogP contribution in [0.15, 0.2) is 40.9 Å². The van der Waals surface area contributed by atoms with E-state index in [-0.39, 0.29) is 10.3 Å². The van der Waals surface area contributed by atoms with Gasteiger partial charge in [0.15, 0.2) is 5.78 Å². The molecular weight excluding hydrogens is 311 g/mol. The molecule has 3 rings (SSSR count). The van der Waals surface area contributed by atoms with Gasteiger partial charge in [-0.05, 0) is 39.7 Å². The molecule has 0 radical (unpaired) electrons. The number of halogens is 2. The number of rotatable bonds is 2. The number of para-hydroxylation sites is 1. The minimum atomic E-state index is -0.445. The van der Waals surface area contributed by atoms with Crippen LogP contribution in [0.3, 0.4) is 0 Å². The van der Waals surface area contributed by atoms with Crippen LogP contribution in [0.25, 0.3) is 0 Å². The first-order valence-corrected chi connectivity index (χ1v) is 6.71. The van der Waals surface area contributed by atoms with Crippen LogP contribution in [0, 0.1) is 5.82 Å². The Hall–Kier alpha value is -1.68. The smallest absolute Gasteiger partial charge is 0.198 e. The van der Waals surface area contributed by atoms with Gasteiger partial charge in [-0.3, -0.25) is 4.79 Å². The molecule has 0 bridgehead atoms. The molecule has 0 atom stereocenters. The molecule has 1 aliphatic heterocycles. The molecule has 0 saturated carbocycles. The number of ether oxygens (including phenoxy) is 1. The van der Waals surface area contributed by atoms with Crippen molar-refractivity contribution in [3.05, 3.63) is 63.4 Å². The number of benzene rings is 2. The van der Waals surface area contributed by atoms with Gasteiger partial charge in [-0.1, -0.05) is 18.2 Å². The summed E-state index contributed by atoms with van der Waals surface area (Å²) in [4.78, 5) is 12.5. The number of hydrogen-bond donors (Lipinski definition) is 0. The molecule has 2 nitrogen and oxygen atoms in total. The lowest BCUT2D eigenvalue weighted by Crippen LogP contribution is -2.05. The maximum Gasteiger partial charge on any atom is 0.198 e. The lowest BCUT2D eigenvalue weighted by atomic mass is 10.00. The van der Waals surface area contributed by atoms with Gasteiger partial charge in [-0.2, -0.15) is 0 Å². The highest BCUT2D eigenvalue weighted by Gasteiger charge is 2.23. The molecule has 4 heteroatoms. The number of hydrogen-bond acceptors (Lipinski definition) is 2. The van der Waals surface area contributed by atoms with Crippen LogP contribution in [-0.4, -0.2) is 12.4 Å². The average molecular weight is 321 g/mol. The molecular formula is C15H10BrFO2.